The molecule has 21 heavy (non-hydrogen) atoms. The molecule has 3 rings (SSSR count). The third-order valence-corrected chi connectivity index (χ3v) is 3.67. The van der Waals surface area contributed by atoms with E-state index in [2.05, 4.69) is 25.1 Å². The van der Waals surface area contributed by atoms with Crippen molar-refractivity contribution in [3.63, 3.8) is 0 Å². The second kappa shape index (κ2) is 5.90. The summed E-state index contributed by atoms with van der Waals surface area (Å²) < 4.78 is 7.06. The summed E-state index contributed by atoms with van der Waals surface area (Å²) in [6, 6.07) is 3.23. The van der Waals surface area contributed by atoms with Gasteiger partial charge in [0.2, 0.25) is 5.88 Å². The lowest BCUT2D eigenvalue weighted by molar-refractivity contribution is 0.0937. The Morgan fingerprint density at radius 2 is 2.38 bits per heavy atom. The number of nitrogens with one attached hydrogen (secondary N) is 1. The Bertz CT molecular complexity index is 623. The Labute approximate surface area is 122 Å². The molecular weight excluding hydrogens is 270 g/mol. The standard InChI is InChI=1S/C14H17N5O2/c1-21-13-5-3-11(17-18-13)14(20)16-8-10-2-4-12-15-6-7-19(12)9-10/h3,5-7,10H,2,4,8-9H2,1H3,(H,16,20). The second-order valence-corrected chi connectivity index (χ2v) is 5.07. The molecule has 0 spiro atoms. The fraction of sp³-hybridized carbons (Fsp3) is 0.429. The monoisotopic (exact) mass is 287 g/mol. The summed E-state index contributed by atoms with van der Waals surface area (Å²) >= 11 is 0. The molecule has 2 aromatic heterocycles. The van der Waals surface area contributed by atoms with Gasteiger partial charge in [0.05, 0.1) is 7.11 Å². The smallest absolute Gasteiger partial charge is 0.271 e. The molecule has 0 aliphatic carbocycles. The summed E-state index contributed by atoms with van der Waals surface area (Å²) in [4.78, 5) is 16.3. The first kappa shape index (κ1) is 13.5. The van der Waals surface area contributed by atoms with E-state index >= 15 is 0 Å². The number of amides is 1. The fourth-order valence-corrected chi connectivity index (χ4v) is 2.48. The van der Waals surface area contributed by atoms with E-state index in [1.165, 1.54) is 7.11 Å². The van der Waals surface area contributed by atoms with Gasteiger partial charge in [-0.25, -0.2) is 4.98 Å². The van der Waals surface area contributed by atoms with Crippen LogP contribution >= 0.6 is 0 Å². The van der Waals surface area contributed by atoms with E-state index in [0.717, 1.165) is 25.2 Å². The van der Waals surface area contributed by atoms with E-state index in [4.69, 9.17) is 4.74 Å². The lowest BCUT2D eigenvalue weighted by Gasteiger charge is -2.23. The van der Waals surface area contributed by atoms with Gasteiger partial charge in [-0.15, -0.1) is 10.2 Å². The molecule has 0 fully saturated rings. The minimum atomic E-state index is -0.207. The average molecular weight is 287 g/mol. The number of hydrogen-bond donors (Lipinski definition) is 1. The van der Waals surface area contributed by atoms with Gasteiger partial charge in [0.15, 0.2) is 5.69 Å². The fourth-order valence-electron chi connectivity index (χ4n) is 2.48. The van der Waals surface area contributed by atoms with Gasteiger partial charge in [0.25, 0.3) is 5.91 Å². The number of carbonyl (C=O) groups is 1. The van der Waals surface area contributed by atoms with Crippen molar-refractivity contribution in [2.45, 2.75) is 19.4 Å². The Kier molecular flexibility index (Phi) is 3.81. The lowest BCUT2D eigenvalue weighted by Crippen LogP contribution is -2.34. The average Bonchev–Trinajstić information content (AvgIpc) is 3.00. The van der Waals surface area contributed by atoms with Crippen molar-refractivity contribution in [2.75, 3.05) is 13.7 Å². The third kappa shape index (κ3) is 3.01. The molecule has 7 heteroatoms. The van der Waals surface area contributed by atoms with Crippen LogP contribution in [0.25, 0.3) is 0 Å². The van der Waals surface area contributed by atoms with Crippen molar-refractivity contribution in [3.8, 4) is 5.88 Å². The van der Waals surface area contributed by atoms with Crippen molar-refractivity contribution in [1.29, 1.82) is 0 Å². The van der Waals surface area contributed by atoms with E-state index in [1.807, 2.05) is 12.4 Å². The van der Waals surface area contributed by atoms with Crippen LogP contribution in [0.3, 0.4) is 0 Å². The Morgan fingerprint density at radius 3 is 3.14 bits per heavy atom. The lowest BCUT2D eigenvalue weighted by atomic mass is 9.99. The van der Waals surface area contributed by atoms with Crippen LogP contribution < -0.4 is 10.1 Å². The molecule has 0 bridgehead atoms. The van der Waals surface area contributed by atoms with Gasteiger partial charge in [-0.2, -0.15) is 0 Å². The largest absolute Gasteiger partial charge is 0.480 e. The van der Waals surface area contributed by atoms with E-state index in [0.29, 0.717) is 24.0 Å². The van der Waals surface area contributed by atoms with E-state index in [-0.39, 0.29) is 5.91 Å². The molecule has 1 aliphatic heterocycles. The van der Waals surface area contributed by atoms with Gasteiger partial charge < -0.3 is 14.6 Å². The highest BCUT2D eigenvalue weighted by atomic mass is 16.5. The number of rotatable bonds is 4. The summed E-state index contributed by atoms with van der Waals surface area (Å²) in [5, 5.41) is 10.5. The maximum absolute atomic E-state index is 12.0. The molecule has 1 unspecified atom stereocenters. The number of hydrogen-bond acceptors (Lipinski definition) is 5. The molecule has 0 radical (unpaired) electrons. The first-order valence-corrected chi connectivity index (χ1v) is 6.92. The SMILES string of the molecule is COc1ccc(C(=O)NCC2CCc3nccn3C2)nn1. The number of aromatic nitrogens is 4. The summed E-state index contributed by atoms with van der Waals surface area (Å²) in [6.45, 7) is 1.52. The molecule has 1 atom stereocenters. The first-order chi connectivity index (χ1) is 10.3. The highest BCUT2D eigenvalue weighted by Gasteiger charge is 2.19. The van der Waals surface area contributed by atoms with E-state index in [1.54, 1.807) is 12.1 Å². The van der Waals surface area contributed by atoms with Crippen molar-refractivity contribution < 1.29 is 9.53 Å². The van der Waals surface area contributed by atoms with Gasteiger partial charge in [-0.3, -0.25) is 4.79 Å². The maximum Gasteiger partial charge on any atom is 0.271 e. The molecule has 7 nitrogen and oxygen atoms in total. The van der Waals surface area contributed by atoms with Crippen LogP contribution in [0, 0.1) is 5.92 Å². The maximum atomic E-state index is 12.0. The zero-order valence-electron chi connectivity index (χ0n) is 11.8. The molecule has 110 valence electrons. The minimum absolute atomic E-state index is 0.207. The van der Waals surface area contributed by atoms with Gasteiger partial charge in [-0.1, -0.05) is 0 Å². The van der Waals surface area contributed by atoms with Crippen molar-refractivity contribution in [1.82, 2.24) is 25.1 Å². The van der Waals surface area contributed by atoms with Gasteiger partial charge in [0, 0.05) is 38.0 Å². The van der Waals surface area contributed by atoms with Crippen LogP contribution in [-0.2, 0) is 13.0 Å². The van der Waals surface area contributed by atoms with Crippen LogP contribution in [0.15, 0.2) is 24.5 Å². The summed E-state index contributed by atoms with van der Waals surface area (Å²) in [5.41, 5.74) is 0.301. The number of aryl methyl sites for hydroxylation is 1. The molecule has 0 aromatic carbocycles. The first-order valence-electron chi connectivity index (χ1n) is 6.92. The molecule has 2 aromatic rings. The molecule has 0 saturated carbocycles. The van der Waals surface area contributed by atoms with Crippen molar-refractivity contribution in [3.05, 3.63) is 36.0 Å². The number of fused-ring (bicyclic) bond motifs is 1. The van der Waals surface area contributed by atoms with Crippen LogP contribution in [0.4, 0.5) is 0 Å². The van der Waals surface area contributed by atoms with Crippen LogP contribution in [0.2, 0.25) is 0 Å². The Hall–Kier alpha value is -2.44. The predicted molar refractivity (Wildman–Crippen MR) is 75.0 cm³/mol. The molecule has 1 aliphatic rings. The topological polar surface area (TPSA) is 81.9 Å². The number of nitrogens with zero attached hydrogens (tertiary/aromatic N) is 4. The summed E-state index contributed by atoms with van der Waals surface area (Å²) in [6.07, 6.45) is 5.79. The Balaban J connectivity index is 1.54. The molecule has 1 amide bonds. The molecular formula is C14H17N5O2. The molecule has 1 N–H and O–H groups in total. The third-order valence-electron chi connectivity index (χ3n) is 3.67. The van der Waals surface area contributed by atoms with Crippen LogP contribution in [-0.4, -0.2) is 39.3 Å². The van der Waals surface area contributed by atoms with Gasteiger partial charge in [0.1, 0.15) is 5.82 Å². The minimum Gasteiger partial charge on any atom is -0.480 e. The summed E-state index contributed by atoms with van der Waals surface area (Å²) in [7, 11) is 1.51. The number of imidazole rings is 1. The van der Waals surface area contributed by atoms with E-state index in [9.17, 15) is 4.79 Å². The quantitative estimate of drug-likeness (QED) is 0.894. The normalized spacial score (nSPS) is 17.1. The predicted octanol–water partition coefficient (Wildman–Crippen LogP) is 0.674. The van der Waals surface area contributed by atoms with E-state index < -0.39 is 0 Å². The highest BCUT2D eigenvalue weighted by Crippen LogP contribution is 2.18. The van der Waals surface area contributed by atoms with Gasteiger partial charge in [-0.05, 0) is 18.4 Å². The zero-order valence-corrected chi connectivity index (χ0v) is 11.8. The van der Waals surface area contributed by atoms with Crippen LogP contribution in [0.1, 0.15) is 22.7 Å². The molecule has 3 heterocycles. The number of methoxy groups -OCH3 is 1. The van der Waals surface area contributed by atoms with Crippen molar-refractivity contribution >= 4 is 5.91 Å². The number of carbonyl (C=O) groups excluding carboxylic acids is 1. The Morgan fingerprint density at radius 1 is 1.48 bits per heavy atom. The van der Waals surface area contributed by atoms with Crippen molar-refractivity contribution in [2.24, 2.45) is 5.92 Å². The highest BCUT2D eigenvalue weighted by molar-refractivity contribution is 5.92. The second-order valence-electron chi connectivity index (χ2n) is 5.07. The van der Waals surface area contributed by atoms with Crippen LogP contribution in [0.5, 0.6) is 5.88 Å². The van der Waals surface area contributed by atoms with Gasteiger partial charge >= 0.3 is 0 Å². The number of ether oxygens (including phenoxy) is 1. The zero-order chi connectivity index (χ0) is 14.7. The molecule has 0 saturated heterocycles. The summed E-state index contributed by atoms with van der Waals surface area (Å²) in [5.74, 6) is 1.73.